The molecule has 0 saturated carbocycles. The fourth-order valence-corrected chi connectivity index (χ4v) is 1.07. The molecule has 15 heavy (non-hydrogen) atoms. The van der Waals surface area contributed by atoms with Crippen LogP contribution in [0.4, 0.5) is 5.95 Å². The summed E-state index contributed by atoms with van der Waals surface area (Å²) in [5.74, 6) is 0.431. The molecule has 0 aromatic carbocycles. The summed E-state index contributed by atoms with van der Waals surface area (Å²) in [5.41, 5.74) is 0. The van der Waals surface area contributed by atoms with Crippen molar-refractivity contribution in [3.63, 3.8) is 0 Å². The first-order valence-corrected chi connectivity index (χ1v) is 5.20. The molecular weight excluding hydrogens is 216 g/mol. The Morgan fingerprint density at radius 1 is 1.13 bits per heavy atom. The molecule has 0 radical (unpaired) electrons. The second-order valence-electron chi connectivity index (χ2n) is 3.68. The molecule has 0 saturated heterocycles. The first-order chi connectivity index (χ1) is 6.97. The van der Waals surface area contributed by atoms with E-state index in [0.717, 1.165) is 0 Å². The van der Waals surface area contributed by atoms with Gasteiger partial charge in [-0.05, 0) is 39.3 Å². The fraction of sp³-hybridized carbons (Fsp3) is 0.667. The van der Waals surface area contributed by atoms with Gasteiger partial charge in [-0.3, -0.25) is 0 Å². The quantitative estimate of drug-likeness (QED) is 0.859. The Hall–Kier alpha value is -1.10. The molecule has 0 spiro atoms. The molecular formula is C9H15ClN4O. The van der Waals surface area contributed by atoms with Crippen LogP contribution in [0, 0.1) is 0 Å². The lowest BCUT2D eigenvalue weighted by Gasteiger charge is -2.11. The molecule has 1 aromatic rings. The highest BCUT2D eigenvalue weighted by atomic mass is 35.5. The lowest BCUT2D eigenvalue weighted by atomic mass is 10.4. The van der Waals surface area contributed by atoms with E-state index in [1.807, 2.05) is 27.7 Å². The average Bonchev–Trinajstić information content (AvgIpc) is 1.98. The van der Waals surface area contributed by atoms with Gasteiger partial charge in [0, 0.05) is 6.04 Å². The molecule has 0 fully saturated rings. The van der Waals surface area contributed by atoms with Crippen LogP contribution in [-0.2, 0) is 0 Å². The van der Waals surface area contributed by atoms with Crippen LogP contribution in [0.2, 0.25) is 5.28 Å². The number of nitrogens with one attached hydrogen (secondary N) is 1. The van der Waals surface area contributed by atoms with Crippen molar-refractivity contribution in [3.05, 3.63) is 5.28 Å². The first-order valence-electron chi connectivity index (χ1n) is 4.82. The normalized spacial score (nSPS) is 10.9. The molecule has 1 N–H and O–H groups in total. The SMILES string of the molecule is CC(C)Nc1nc(Cl)nc(OC(C)C)n1. The molecule has 0 unspecified atom stereocenters. The largest absolute Gasteiger partial charge is 0.461 e. The van der Waals surface area contributed by atoms with Crippen molar-refractivity contribution in [2.75, 3.05) is 5.32 Å². The van der Waals surface area contributed by atoms with Gasteiger partial charge in [-0.15, -0.1) is 0 Å². The van der Waals surface area contributed by atoms with Crippen LogP contribution in [0.1, 0.15) is 27.7 Å². The summed E-state index contributed by atoms with van der Waals surface area (Å²) in [5, 5.41) is 3.16. The average molecular weight is 231 g/mol. The first kappa shape index (κ1) is 12.0. The molecule has 0 aliphatic heterocycles. The van der Waals surface area contributed by atoms with Crippen molar-refractivity contribution in [2.24, 2.45) is 0 Å². The second-order valence-corrected chi connectivity index (χ2v) is 4.01. The molecule has 0 bridgehead atoms. The van der Waals surface area contributed by atoms with Gasteiger partial charge in [0.25, 0.3) is 0 Å². The van der Waals surface area contributed by atoms with Gasteiger partial charge in [0.15, 0.2) is 0 Å². The summed E-state index contributed by atoms with van der Waals surface area (Å²) in [4.78, 5) is 11.9. The third-order valence-corrected chi connectivity index (χ3v) is 1.52. The van der Waals surface area contributed by atoms with Crippen LogP contribution in [0.15, 0.2) is 0 Å². The maximum Gasteiger partial charge on any atom is 0.322 e. The van der Waals surface area contributed by atoms with E-state index < -0.39 is 0 Å². The highest BCUT2D eigenvalue weighted by Gasteiger charge is 2.07. The summed E-state index contributed by atoms with van der Waals surface area (Å²) in [6, 6.07) is 0.475. The van der Waals surface area contributed by atoms with Gasteiger partial charge in [0.1, 0.15) is 0 Å². The van der Waals surface area contributed by atoms with E-state index >= 15 is 0 Å². The van der Waals surface area contributed by atoms with Gasteiger partial charge >= 0.3 is 6.01 Å². The minimum atomic E-state index is 0.00960. The summed E-state index contributed by atoms with van der Waals surface area (Å²) < 4.78 is 5.33. The van der Waals surface area contributed by atoms with E-state index in [1.165, 1.54) is 0 Å². The summed E-state index contributed by atoms with van der Waals surface area (Å²) >= 11 is 5.73. The van der Waals surface area contributed by atoms with Crippen LogP contribution in [0.3, 0.4) is 0 Å². The predicted molar refractivity (Wildman–Crippen MR) is 59.4 cm³/mol. The second kappa shape index (κ2) is 5.11. The molecule has 6 heteroatoms. The number of halogens is 1. The van der Waals surface area contributed by atoms with E-state index in [0.29, 0.717) is 5.95 Å². The lowest BCUT2D eigenvalue weighted by molar-refractivity contribution is 0.222. The number of hydrogen-bond donors (Lipinski definition) is 1. The summed E-state index contributed by atoms with van der Waals surface area (Å²) in [7, 11) is 0. The van der Waals surface area contributed by atoms with Gasteiger partial charge in [0.2, 0.25) is 11.2 Å². The van der Waals surface area contributed by atoms with Gasteiger partial charge in [-0.2, -0.15) is 15.0 Å². The molecule has 0 atom stereocenters. The minimum absolute atomic E-state index is 0.00960. The van der Waals surface area contributed by atoms with Crippen molar-refractivity contribution in [3.8, 4) is 6.01 Å². The van der Waals surface area contributed by atoms with Gasteiger partial charge in [-0.25, -0.2) is 0 Å². The third-order valence-electron chi connectivity index (χ3n) is 1.35. The molecule has 84 valence electrons. The molecule has 1 aromatic heterocycles. The monoisotopic (exact) mass is 230 g/mol. The Morgan fingerprint density at radius 3 is 2.33 bits per heavy atom. The Balaban J connectivity index is 2.84. The van der Waals surface area contributed by atoms with Crippen molar-refractivity contribution >= 4 is 17.5 Å². The van der Waals surface area contributed by atoms with Crippen LogP contribution in [0.5, 0.6) is 6.01 Å². The highest BCUT2D eigenvalue weighted by molar-refractivity contribution is 6.28. The Kier molecular flexibility index (Phi) is 4.08. The Morgan fingerprint density at radius 2 is 1.80 bits per heavy atom. The Labute approximate surface area is 94.2 Å². The zero-order chi connectivity index (χ0) is 11.4. The topological polar surface area (TPSA) is 59.9 Å². The number of anilines is 1. The highest BCUT2D eigenvalue weighted by Crippen LogP contribution is 2.12. The number of nitrogens with zero attached hydrogens (tertiary/aromatic N) is 3. The van der Waals surface area contributed by atoms with Crippen LogP contribution < -0.4 is 10.1 Å². The number of hydrogen-bond acceptors (Lipinski definition) is 5. The molecule has 1 heterocycles. The molecule has 0 amide bonds. The zero-order valence-electron chi connectivity index (χ0n) is 9.28. The standard InChI is InChI=1S/C9H15ClN4O/c1-5(2)11-8-12-7(10)13-9(14-8)15-6(3)4/h5-6H,1-4H3,(H,11,12,13,14). The van der Waals surface area contributed by atoms with E-state index in [4.69, 9.17) is 16.3 Å². The molecule has 1 rings (SSSR count). The molecule has 0 aliphatic carbocycles. The van der Waals surface area contributed by atoms with Crippen molar-refractivity contribution in [1.82, 2.24) is 15.0 Å². The Bertz CT molecular complexity index is 302. The number of ether oxygens (including phenoxy) is 1. The van der Waals surface area contributed by atoms with Gasteiger partial charge < -0.3 is 10.1 Å². The maximum absolute atomic E-state index is 5.73. The van der Waals surface area contributed by atoms with Crippen molar-refractivity contribution < 1.29 is 4.74 Å². The van der Waals surface area contributed by atoms with Gasteiger partial charge in [-0.1, -0.05) is 0 Å². The fourth-order valence-electron chi connectivity index (χ4n) is 0.918. The molecule has 0 aliphatic rings. The number of rotatable bonds is 4. The van der Waals surface area contributed by atoms with Crippen molar-refractivity contribution in [1.29, 1.82) is 0 Å². The minimum Gasteiger partial charge on any atom is -0.461 e. The maximum atomic E-state index is 5.73. The third kappa shape index (κ3) is 4.29. The summed E-state index contributed by atoms with van der Waals surface area (Å²) in [6.07, 6.45) is 0.00960. The van der Waals surface area contributed by atoms with Crippen LogP contribution in [-0.4, -0.2) is 27.1 Å². The van der Waals surface area contributed by atoms with Gasteiger partial charge in [0.05, 0.1) is 6.10 Å². The molecule has 5 nitrogen and oxygen atoms in total. The van der Waals surface area contributed by atoms with Crippen LogP contribution >= 0.6 is 11.6 Å². The summed E-state index contributed by atoms with van der Waals surface area (Å²) in [6.45, 7) is 7.77. The zero-order valence-corrected chi connectivity index (χ0v) is 10.0. The van der Waals surface area contributed by atoms with Crippen molar-refractivity contribution in [2.45, 2.75) is 39.8 Å². The lowest BCUT2D eigenvalue weighted by Crippen LogP contribution is -2.15. The predicted octanol–water partition coefficient (Wildman–Crippen LogP) is 2.13. The van der Waals surface area contributed by atoms with E-state index in [-0.39, 0.29) is 23.4 Å². The van der Waals surface area contributed by atoms with E-state index in [1.54, 1.807) is 0 Å². The van der Waals surface area contributed by atoms with E-state index in [2.05, 4.69) is 20.3 Å². The van der Waals surface area contributed by atoms with Crippen LogP contribution in [0.25, 0.3) is 0 Å². The number of aromatic nitrogens is 3. The smallest absolute Gasteiger partial charge is 0.322 e. The van der Waals surface area contributed by atoms with E-state index in [9.17, 15) is 0 Å².